The molecule has 0 saturated carbocycles. The van der Waals surface area contributed by atoms with Crippen LogP contribution in [0.3, 0.4) is 0 Å². The van der Waals surface area contributed by atoms with E-state index in [1.165, 1.54) is 27.4 Å². The van der Waals surface area contributed by atoms with Gasteiger partial charge in [0.15, 0.2) is 4.96 Å². The highest BCUT2D eigenvalue weighted by molar-refractivity contribution is 7.15. The monoisotopic (exact) mass is 301 g/mol. The first-order valence-corrected chi connectivity index (χ1v) is 7.46. The second-order valence-corrected chi connectivity index (χ2v) is 5.48. The van der Waals surface area contributed by atoms with E-state index in [-0.39, 0.29) is 12.2 Å². The molecule has 2 heterocycles. The van der Waals surface area contributed by atoms with Crippen molar-refractivity contribution in [1.82, 2.24) is 14.7 Å². The van der Waals surface area contributed by atoms with Crippen molar-refractivity contribution in [1.29, 1.82) is 0 Å². The normalized spacial score (nSPS) is 10.9. The smallest absolute Gasteiger partial charge is 0.258 e. The van der Waals surface area contributed by atoms with E-state index in [0.29, 0.717) is 10.7 Å². The average molecular weight is 301 g/mol. The molecule has 1 aromatic carbocycles. The average Bonchev–Trinajstić information content (AvgIpc) is 2.96. The third kappa shape index (κ3) is 3.12. The van der Waals surface area contributed by atoms with Crippen LogP contribution in [0.2, 0.25) is 0 Å². The topological polar surface area (TPSA) is 55.6 Å². The number of benzene rings is 1. The maximum absolute atomic E-state index is 11.9. The van der Waals surface area contributed by atoms with Crippen LogP contribution in [0.25, 0.3) is 4.96 Å². The van der Waals surface area contributed by atoms with Gasteiger partial charge >= 0.3 is 0 Å². The number of fused-ring (bicyclic) bond motifs is 1. The van der Waals surface area contributed by atoms with Crippen molar-refractivity contribution in [3.05, 3.63) is 63.5 Å². The van der Waals surface area contributed by atoms with E-state index in [9.17, 15) is 4.79 Å². The van der Waals surface area contributed by atoms with Gasteiger partial charge in [-0.1, -0.05) is 12.1 Å². The number of hydrogen-bond acceptors (Lipinski definition) is 5. The first kappa shape index (κ1) is 13.8. The summed E-state index contributed by atoms with van der Waals surface area (Å²) in [6.45, 7) is 1.11. The van der Waals surface area contributed by atoms with Crippen LogP contribution in [-0.4, -0.2) is 16.4 Å². The Balaban J connectivity index is 1.72. The molecular weight excluding hydrogens is 286 g/mol. The molecule has 0 amide bonds. The molecule has 2 aromatic heterocycles. The summed E-state index contributed by atoms with van der Waals surface area (Å²) in [7, 11) is 1.91. The van der Waals surface area contributed by atoms with Gasteiger partial charge in [-0.15, -0.1) is 11.3 Å². The number of aromatic nitrogens is 2. The van der Waals surface area contributed by atoms with E-state index in [4.69, 9.17) is 4.74 Å². The molecule has 0 aliphatic carbocycles. The molecule has 0 spiro atoms. The van der Waals surface area contributed by atoms with Gasteiger partial charge in [0, 0.05) is 24.2 Å². The molecule has 0 atom stereocenters. The number of hydrogen-bond donors (Lipinski definition) is 1. The summed E-state index contributed by atoms with van der Waals surface area (Å²) in [6.07, 6.45) is 1.72. The van der Waals surface area contributed by atoms with Crippen molar-refractivity contribution in [3.8, 4) is 5.75 Å². The number of rotatable bonds is 5. The summed E-state index contributed by atoms with van der Waals surface area (Å²) in [5, 5.41) is 4.94. The molecule has 1 N–H and O–H groups in total. The summed E-state index contributed by atoms with van der Waals surface area (Å²) in [6, 6.07) is 9.37. The Bertz CT molecular complexity index is 793. The second kappa shape index (κ2) is 6.07. The Morgan fingerprint density at radius 3 is 2.90 bits per heavy atom. The van der Waals surface area contributed by atoms with Crippen molar-refractivity contribution >= 4 is 16.3 Å². The van der Waals surface area contributed by atoms with Gasteiger partial charge in [0.25, 0.3) is 5.56 Å². The summed E-state index contributed by atoms with van der Waals surface area (Å²) in [5.74, 6) is 0.767. The van der Waals surface area contributed by atoms with Crippen molar-refractivity contribution < 1.29 is 4.74 Å². The van der Waals surface area contributed by atoms with Gasteiger partial charge in [-0.3, -0.25) is 9.20 Å². The fourth-order valence-electron chi connectivity index (χ4n) is 2.03. The minimum absolute atomic E-state index is 0.0794. The largest absolute Gasteiger partial charge is 0.487 e. The van der Waals surface area contributed by atoms with Crippen LogP contribution in [0.4, 0.5) is 0 Å². The maximum atomic E-state index is 11.9. The van der Waals surface area contributed by atoms with Crippen LogP contribution in [0.5, 0.6) is 5.75 Å². The number of ether oxygens (including phenoxy) is 1. The summed E-state index contributed by atoms with van der Waals surface area (Å²) < 4.78 is 7.21. The molecule has 5 nitrogen and oxygen atoms in total. The molecule has 0 radical (unpaired) electrons. The lowest BCUT2D eigenvalue weighted by atomic mass is 10.2. The van der Waals surface area contributed by atoms with Crippen molar-refractivity contribution in [3.63, 3.8) is 0 Å². The van der Waals surface area contributed by atoms with E-state index >= 15 is 0 Å². The lowest BCUT2D eigenvalue weighted by molar-refractivity contribution is 0.301. The van der Waals surface area contributed by atoms with Crippen LogP contribution in [0.15, 0.2) is 46.7 Å². The van der Waals surface area contributed by atoms with Gasteiger partial charge in [0.05, 0.1) is 5.69 Å². The highest BCUT2D eigenvalue weighted by Crippen LogP contribution is 2.14. The van der Waals surface area contributed by atoms with Gasteiger partial charge in [0.1, 0.15) is 12.4 Å². The Morgan fingerprint density at radius 2 is 2.14 bits per heavy atom. The Labute approximate surface area is 125 Å². The number of thiazole rings is 1. The Kier molecular flexibility index (Phi) is 3.98. The van der Waals surface area contributed by atoms with Gasteiger partial charge in [-0.2, -0.15) is 0 Å². The fraction of sp³-hybridized carbons (Fsp3) is 0.200. The van der Waals surface area contributed by atoms with E-state index < -0.39 is 0 Å². The highest BCUT2D eigenvalue weighted by Gasteiger charge is 2.04. The van der Waals surface area contributed by atoms with E-state index in [0.717, 1.165) is 12.3 Å². The third-order valence-electron chi connectivity index (χ3n) is 3.05. The number of nitrogens with zero attached hydrogens (tertiary/aromatic N) is 2. The minimum Gasteiger partial charge on any atom is -0.487 e. The number of nitrogens with one attached hydrogen (secondary N) is 1. The molecule has 21 heavy (non-hydrogen) atoms. The molecule has 0 unspecified atom stereocenters. The summed E-state index contributed by atoms with van der Waals surface area (Å²) in [5.41, 5.74) is 1.76. The zero-order chi connectivity index (χ0) is 14.7. The Hall–Kier alpha value is -2.18. The molecule has 108 valence electrons. The third-order valence-corrected chi connectivity index (χ3v) is 3.80. The van der Waals surface area contributed by atoms with Crippen LogP contribution < -0.4 is 15.6 Å². The van der Waals surface area contributed by atoms with E-state index in [2.05, 4.69) is 10.3 Å². The van der Waals surface area contributed by atoms with Gasteiger partial charge in [-0.25, -0.2) is 4.98 Å². The van der Waals surface area contributed by atoms with Gasteiger partial charge < -0.3 is 10.1 Å². The quantitative estimate of drug-likeness (QED) is 0.783. The van der Waals surface area contributed by atoms with Gasteiger partial charge in [-0.05, 0) is 24.7 Å². The lowest BCUT2D eigenvalue weighted by Gasteiger charge is -2.07. The molecule has 0 aliphatic heterocycles. The van der Waals surface area contributed by atoms with E-state index in [1.54, 1.807) is 6.20 Å². The van der Waals surface area contributed by atoms with E-state index in [1.807, 2.05) is 36.7 Å². The minimum atomic E-state index is -0.0794. The molecule has 0 bridgehead atoms. The molecule has 0 saturated heterocycles. The van der Waals surface area contributed by atoms with Gasteiger partial charge in [0.2, 0.25) is 0 Å². The fourth-order valence-corrected chi connectivity index (χ4v) is 2.77. The van der Waals surface area contributed by atoms with Crippen LogP contribution in [0.1, 0.15) is 11.3 Å². The van der Waals surface area contributed by atoms with Crippen molar-refractivity contribution in [2.45, 2.75) is 13.2 Å². The van der Waals surface area contributed by atoms with Crippen LogP contribution in [0, 0.1) is 0 Å². The summed E-state index contributed by atoms with van der Waals surface area (Å²) >= 11 is 1.43. The Morgan fingerprint density at radius 1 is 1.33 bits per heavy atom. The van der Waals surface area contributed by atoms with Crippen molar-refractivity contribution in [2.75, 3.05) is 7.05 Å². The molecule has 0 aliphatic rings. The van der Waals surface area contributed by atoms with Crippen LogP contribution in [-0.2, 0) is 13.2 Å². The molecular formula is C15H15N3O2S. The summed E-state index contributed by atoms with van der Waals surface area (Å²) in [4.78, 5) is 16.9. The standard InChI is InChI=1S/C15H15N3O2S/c1-16-9-11-2-4-13(5-3-11)20-10-12-8-14(19)18-6-7-21-15(18)17-12/h2-8,16H,9-10H2,1H3. The predicted molar refractivity (Wildman–Crippen MR) is 82.9 cm³/mol. The molecule has 6 heteroatoms. The SMILES string of the molecule is CNCc1ccc(OCc2cc(=O)n3ccsc3n2)cc1. The van der Waals surface area contributed by atoms with Crippen LogP contribution >= 0.6 is 11.3 Å². The zero-order valence-corrected chi connectivity index (χ0v) is 12.4. The highest BCUT2D eigenvalue weighted by atomic mass is 32.1. The maximum Gasteiger partial charge on any atom is 0.258 e. The molecule has 3 aromatic rings. The molecule has 0 fully saturated rings. The lowest BCUT2D eigenvalue weighted by Crippen LogP contribution is -2.14. The zero-order valence-electron chi connectivity index (χ0n) is 11.6. The molecule has 3 rings (SSSR count). The first-order valence-electron chi connectivity index (χ1n) is 6.58. The predicted octanol–water partition coefficient (Wildman–Crippen LogP) is 2.05. The second-order valence-electron chi connectivity index (χ2n) is 4.60. The van der Waals surface area contributed by atoms with Crippen molar-refractivity contribution in [2.24, 2.45) is 0 Å². The first-order chi connectivity index (χ1) is 10.3.